The quantitative estimate of drug-likeness (QED) is 0.748. The van der Waals surface area contributed by atoms with E-state index >= 15 is 0 Å². The van der Waals surface area contributed by atoms with E-state index in [0.29, 0.717) is 5.13 Å². The Bertz CT molecular complexity index is 379. The molecule has 0 saturated heterocycles. The zero-order valence-electron chi connectivity index (χ0n) is 6.95. The fraction of sp³-hybridized carbons (Fsp3) is 0.333. The van der Waals surface area contributed by atoms with E-state index in [1.54, 1.807) is 11.0 Å². The van der Waals surface area contributed by atoms with Gasteiger partial charge < -0.3 is 5.73 Å². The molecule has 0 aromatic carbocycles. The van der Waals surface area contributed by atoms with Crippen molar-refractivity contribution in [1.82, 2.24) is 25.0 Å². The van der Waals surface area contributed by atoms with Crippen LogP contribution >= 0.6 is 11.3 Å². The van der Waals surface area contributed by atoms with Crippen molar-refractivity contribution in [2.24, 2.45) is 0 Å². The third-order valence-electron chi connectivity index (χ3n) is 1.65. The summed E-state index contributed by atoms with van der Waals surface area (Å²) in [5.74, 6) is 0. The highest BCUT2D eigenvalue weighted by molar-refractivity contribution is 7.15. The molecule has 0 saturated carbocycles. The number of anilines is 1. The lowest BCUT2D eigenvalue weighted by atomic mass is 10.4. The molecule has 2 aromatic rings. The van der Waals surface area contributed by atoms with Crippen molar-refractivity contribution in [3.05, 3.63) is 17.7 Å². The molecule has 6 nitrogen and oxygen atoms in total. The molecule has 0 radical (unpaired) electrons. The van der Waals surface area contributed by atoms with Crippen LogP contribution in [0.4, 0.5) is 5.13 Å². The van der Waals surface area contributed by atoms with Gasteiger partial charge >= 0.3 is 0 Å². The van der Waals surface area contributed by atoms with Crippen molar-refractivity contribution in [3.63, 3.8) is 0 Å². The second-order valence-corrected chi connectivity index (χ2v) is 3.57. The molecule has 1 unspecified atom stereocenters. The van der Waals surface area contributed by atoms with Crippen molar-refractivity contribution in [2.75, 3.05) is 5.73 Å². The van der Waals surface area contributed by atoms with Crippen LogP contribution in [0.2, 0.25) is 0 Å². The van der Waals surface area contributed by atoms with E-state index in [0.717, 1.165) is 5.01 Å². The molecule has 0 aliphatic heterocycles. The first-order chi connectivity index (χ1) is 6.27. The third-order valence-corrected chi connectivity index (χ3v) is 2.57. The minimum absolute atomic E-state index is 0.0392. The Kier molecular flexibility index (Phi) is 1.93. The molecule has 0 amide bonds. The van der Waals surface area contributed by atoms with Crippen molar-refractivity contribution in [3.8, 4) is 0 Å². The largest absolute Gasteiger partial charge is 0.374 e. The first kappa shape index (κ1) is 8.11. The highest BCUT2D eigenvalue weighted by atomic mass is 32.1. The minimum atomic E-state index is 0.0392. The van der Waals surface area contributed by atoms with E-state index in [9.17, 15) is 0 Å². The van der Waals surface area contributed by atoms with Gasteiger partial charge in [-0.2, -0.15) is 5.10 Å². The predicted octanol–water partition coefficient (Wildman–Crippen LogP) is 0.321. The average molecular weight is 196 g/mol. The number of rotatable bonds is 2. The first-order valence-electron chi connectivity index (χ1n) is 3.70. The van der Waals surface area contributed by atoms with Crippen LogP contribution in [0.3, 0.4) is 0 Å². The van der Waals surface area contributed by atoms with Crippen LogP contribution in [0.1, 0.15) is 18.0 Å². The van der Waals surface area contributed by atoms with Crippen LogP contribution in [0.15, 0.2) is 12.7 Å². The Morgan fingerprint density at radius 2 is 2.38 bits per heavy atom. The molecule has 7 heteroatoms. The van der Waals surface area contributed by atoms with Crippen LogP contribution in [0.5, 0.6) is 0 Å². The van der Waals surface area contributed by atoms with E-state index in [4.69, 9.17) is 5.73 Å². The minimum Gasteiger partial charge on any atom is -0.374 e. The molecule has 68 valence electrons. The number of nitrogens with two attached hydrogens (primary N) is 1. The summed E-state index contributed by atoms with van der Waals surface area (Å²) in [4.78, 5) is 3.85. The zero-order chi connectivity index (χ0) is 9.26. The van der Waals surface area contributed by atoms with Crippen molar-refractivity contribution in [1.29, 1.82) is 0 Å². The van der Waals surface area contributed by atoms with Crippen LogP contribution in [0.25, 0.3) is 0 Å². The molecular formula is C6H8N6S. The fourth-order valence-corrected chi connectivity index (χ4v) is 1.60. The molecular weight excluding hydrogens is 188 g/mol. The summed E-state index contributed by atoms with van der Waals surface area (Å²) in [6.07, 6.45) is 3.13. The fourth-order valence-electron chi connectivity index (χ4n) is 0.946. The van der Waals surface area contributed by atoms with Gasteiger partial charge in [-0.25, -0.2) is 9.67 Å². The Balaban J connectivity index is 2.28. The summed E-state index contributed by atoms with van der Waals surface area (Å²) < 4.78 is 1.71. The summed E-state index contributed by atoms with van der Waals surface area (Å²) in [5, 5.41) is 13.0. The summed E-state index contributed by atoms with van der Waals surface area (Å²) in [5.41, 5.74) is 5.47. The van der Waals surface area contributed by atoms with Gasteiger partial charge in [0.25, 0.3) is 0 Å². The van der Waals surface area contributed by atoms with Gasteiger partial charge in [0.15, 0.2) is 0 Å². The predicted molar refractivity (Wildman–Crippen MR) is 48.2 cm³/mol. The SMILES string of the molecule is CC(c1nnc(N)s1)n1cncn1. The van der Waals surface area contributed by atoms with Crippen LogP contribution in [0, 0.1) is 0 Å². The van der Waals surface area contributed by atoms with E-state index in [-0.39, 0.29) is 6.04 Å². The number of hydrogen-bond donors (Lipinski definition) is 1. The van der Waals surface area contributed by atoms with Gasteiger partial charge in [-0.1, -0.05) is 11.3 Å². The Labute approximate surface area is 78.4 Å². The lowest BCUT2D eigenvalue weighted by Gasteiger charge is -2.05. The maximum Gasteiger partial charge on any atom is 0.203 e. The van der Waals surface area contributed by atoms with Gasteiger partial charge in [0, 0.05) is 0 Å². The van der Waals surface area contributed by atoms with Crippen molar-refractivity contribution in [2.45, 2.75) is 13.0 Å². The summed E-state index contributed by atoms with van der Waals surface area (Å²) in [6, 6.07) is 0.0392. The highest BCUT2D eigenvalue weighted by Gasteiger charge is 2.12. The standard InChI is InChI=1S/C6H8N6S/c1-4(12-3-8-2-9-12)5-10-11-6(7)13-5/h2-4H,1H3,(H2,7,11). The Morgan fingerprint density at radius 1 is 1.54 bits per heavy atom. The second-order valence-electron chi connectivity index (χ2n) is 2.53. The zero-order valence-corrected chi connectivity index (χ0v) is 7.77. The van der Waals surface area contributed by atoms with Gasteiger partial charge in [-0.3, -0.25) is 0 Å². The molecule has 0 fully saturated rings. The molecule has 0 aliphatic rings. The molecule has 2 aromatic heterocycles. The Hall–Kier alpha value is -1.50. The van der Waals surface area contributed by atoms with Crippen LogP contribution in [-0.4, -0.2) is 25.0 Å². The summed E-state index contributed by atoms with van der Waals surface area (Å²) >= 11 is 1.36. The van der Waals surface area contributed by atoms with Gasteiger partial charge in [0.2, 0.25) is 5.13 Å². The number of nitrogen functional groups attached to an aromatic ring is 1. The maximum atomic E-state index is 5.47. The molecule has 0 spiro atoms. The number of nitrogens with zero attached hydrogens (tertiary/aromatic N) is 5. The maximum absolute atomic E-state index is 5.47. The van der Waals surface area contributed by atoms with Gasteiger partial charge in [0.05, 0.1) is 0 Å². The molecule has 2 heterocycles. The van der Waals surface area contributed by atoms with Gasteiger partial charge in [0.1, 0.15) is 23.7 Å². The molecule has 1 atom stereocenters. The Morgan fingerprint density at radius 3 is 2.92 bits per heavy atom. The van der Waals surface area contributed by atoms with Crippen molar-refractivity contribution >= 4 is 16.5 Å². The smallest absolute Gasteiger partial charge is 0.203 e. The number of hydrogen-bond acceptors (Lipinski definition) is 6. The van der Waals surface area contributed by atoms with E-state index in [2.05, 4.69) is 20.3 Å². The summed E-state index contributed by atoms with van der Waals surface area (Å²) in [7, 11) is 0. The van der Waals surface area contributed by atoms with Gasteiger partial charge in [-0.05, 0) is 6.92 Å². The lowest BCUT2D eigenvalue weighted by molar-refractivity contribution is 0.556. The summed E-state index contributed by atoms with van der Waals surface area (Å²) in [6.45, 7) is 1.97. The molecule has 0 bridgehead atoms. The highest BCUT2D eigenvalue weighted by Crippen LogP contribution is 2.21. The normalized spacial score (nSPS) is 13.0. The molecule has 0 aliphatic carbocycles. The molecule has 13 heavy (non-hydrogen) atoms. The monoisotopic (exact) mass is 196 g/mol. The van der Waals surface area contributed by atoms with E-state index in [1.165, 1.54) is 17.7 Å². The van der Waals surface area contributed by atoms with Crippen LogP contribution in [-0.2, 0) is 0 Å². The van der Waals surface area contributed by atoms with Crippen molar-refractivity contribution < 1.29 is 0 Å². The van der Waals surface area contributed by atoms with E-state index < -0.39 is 0 Å². The number of aromatic nitrogens is 5. The molecule has 2 N–H and O–H groups in total. The van der Waals surface area contributed by atoms with Gasteiger partial charge in [-0.15, -0.1) is 10.2 Å². The second kappa shape index (κ2) is 3.09. The lowest BCUT2D eigenvalue weighted by Crippen LogP contribution is -2.06. The van der Waals surface area contributed by atoms with Crippen LogP contribution < -0.4 is 5.73 Å². The van der Waals surface area contributed by atoms with E-state index in [1.807, 2.05) is 6.92 Å². The topological polar surface area (TPSA) is 82.5 Å². The third kappa shape index (κ3) is 1.50. The first-order valence-corrected chi connectivity index (χ1v) is 4.52. The molecule has 2 rings (SSSR count). The average Bonchev–Trinajstić information content (AvgIpc) is 2.72.